The second kappa shape index (κ2) is 4.00. The average molecular weight is 238 g/mol. The Kier molecular flexibility index (Phi) is 2.92. The van der Waals surface area contributed by atoms with Gasteiger partial charge in [-0.1, -0.05) is 27.2 Å². The largest absolute Gasteiger partial charge is 0.448 e. The van der Waals surface area contributed by atoms with Gasteiger partial charge >= 0.3 is 0 Å². The number of nitrogens with two attached hydrogens (primary N) is 1. The molecule has 4 heteroatoms. The van der Waals surface area contributed by atoms with Crippen molar-refractivity contribution in [2.75, 3.05) is 0 Å². The lowest BCUT2D eigenvalue weighted by atomic mass is 9.66. The zero-order valence-corrected chi connectivity index (χ0v) is 11.0. The summed E-state index contributed by atoms with van der Waals surface area (Å²) in [6, 6.07) is 0.0446. The van der Waals surface area contributed by atoms with E-state index in [1.165, 1.54) is 0 Å². The summed E-state index contributed by atoms with van der Waals surface area (Å²) >= 11 is 0. The number of hydrogen-bond acceptors (Lipinski definition) is 3. The third-order valence-corrected chi connectivity index (χ3v) is 4.71. The van der Waals surface area contributed by atoms with E-state index in [-0.39, 0.29) is 11.9 Å². The Bertz CT molecular complexity index is 352. The summed E-state index contributed by atoms with van der Waals surface area (Å²) in [4.78, 5) is 15.5. The van der Waals surface area contributed by atoms with E-state index >= 15 is 0 Å². The van der Waals surface area contributed by atoms with Crippen molar-refractivity contribution >= 4 is 11.9 Å². The Labute approximate surface area is 103 Å². The third kappa shape index (κ3) is 2.05. The topological polar surface area (TPSA) is 64.7 Å². The molecule has 0 radical (unpaired) electrons. The van der Waals surface area contributed by atoms with Gasteiger partial charge in [0.1, 0.15) is 0 Å². The van der Waals surface area contributed by atoms with Crippen LogP contribution in [-0.4, -0.2) is 17.5 Å². The van der Waals surface area contributed by atoms with Gasteiger partial charge in [-0.15, -0.1) is 0 Å². The number of nitrogens with zero attached hydrogens (tertiary/aromatic N) is 1. The van der Waals surface area contributed by atoms with Crippen molar-refractivity contribution in [3.63, 3.8) is 0 Å². The highest BCUT2D eigenvalue weighted by Gasteiger charge is 2.49. The summed E-state index contributed by atoms with van der Waals surface area (Å²) in [6.07, 6.45) is 4.72. The van der Waals surface area contributed by atoms with Gasteiger partial charge in [0, 0.05) is 0 Å². The predicted molar refractivity (Wildman–Crippen MR) is 66.5 cm³/mol. The first kappa shape index (κ1) is 12.4. The average Bonchev–Trinajstić information content (AvgIpc) is 2.54. The van der Waals surface area contributed by atoms with Crippen LogP contribution < -0.4 is 5.73 Å². The smallest absolute Gasteiger partial charge is 0.294 e. The van der Waals surface area contributed by atoms with Gasteiger partial charge in [0.15, 0.2) is 5.60 Å². The van der Waals surface area contributed by atoms with Crippen LogP contribution in [0.5, 0.6) is 0 Å². The maximum Gasteiger partial charge on any atom is 0.294 e. The fourth-order valence-corrected chi connectivity index (χ4v) is 2.94. The van der Waals surface area contributed by atoms with Crippen LogP contribution in [0.3, 0.4) is 0 Å². The Balaban J connectivity index is 2.02. The quantitative estimate of drug-likeness (QED) is 0.802. The first-order valence-corrected chi connectivity index (χ1v) is 6.47. The van der Waals surface area contributed by atoms with Crippen LogP contribution in [0.1, 0.15) is 52.9 Å². The fourth-order valence-electron chi connectivity index (χ4n) is 2.94. The summed E-state index contributed by atoms with van der Waals surface area (Å²) in [5.74, 6) is 0.485. The molecule has 17 heavy (non-hydrogen) atoms. The zero-order valence-electron chi connectivity index (χ0n) is 11.0. The maximum atomic E-state index is 11.8. The van der Waals surface area contributed by atoms with Crippen molar-refractivity contribution < 1.29 is 9.53 Å². The molecule has 1 amide bonds. The molecule has 96 valence electrons. The van der Waals surface area contributed by atoms with E-state index in [9.17, 15) is 4.79 Å². The minimum Gasteiger partial charge on any atom is -0.448 e. The lowest BCUT2D eigenvalue weighted by Gasteiger charge is -2.41. The normalized spacial score (nSPS) is 33.7. The van der Waals surface area contributed by atoms with Crippen molar-refractivity contribution in [2.45, 2.75) is 58.5 Å². The van der Waals surface area contributed by atoms with Crippen molar-refractivity contribution in [1.82, 2.24) is 0 Å². The predicted octanol–water partition coefficient (Wildman–Crippen LogP) is 2.22. The van der Waals surface area contributed by atoms with Crippen molar-refractivity contribution in [2.24, 2.45) is 22.1 Å². The molecule has 4 nitrogen and oxygen atoms in total. The molecule has 0 aromatic heterocycles. The minimum atomic E-state index is -0.718. The number of rotatable bonds is 2. The van der Waals surface area contributed by atoms with Crippen LogP contribution in [0.25, 0.3) is 0 Å². The van der Waals surface area contributed by atoms with Crippen LogP contribution in [0.2, 0.25) is 0 Å². The van der Waals surface area contributed by atoms with E-state index in [0.29, 0.717) is 11.3 Å². The highest BCUT2D eigenvalue weighted by molar-refractivity contribution is 6.00. The van der Waals surface area contributed by atoms with Gasteiger partial charge in [0.2, 0.25) is 0 Å². The lowest BCUT2D eigenvalue weighted by Crippen LogP contribution is -2.44. The number of amidine groups is 1. The fraction of sp³-hybridized carbons (Fsp3) is 0.846. The van der Waals surface area contributed by atoms with Crippen LogP contribution in [0.15, 0.2) is 4.99 Å². The molecule has 0 saturated heterocycles. The standard InChI is InChI=1S/C13H22N2O2/c1-4-12(2,3)9-5-7-13(8-6-9)10(16)15-11(14)17-13/h9H,4-8H2,1-3H3,(H2,14,15,16). The molecule has 1 aliphatic heterocycles. The first-order valence-electron chi connectivity index (χ1n) is 6.47. The van der Waals surface area contributed by atoms with E-state index in [1.807, 2.05) is 0 Å². The van der Waals surface area contributed by atoms with Gasteiger partial charge in [-0.25, -0.2) is 0 Å². The van der Waals surface area contributed by atoms with Gasteiger partial charge in [0.25, 0.3) is 11.9 Å². The second-order valence-electron chi connectivity index (χ2n) is 5.97. The Hall–Kier alpha value is -1.06. The van der Waals surface area contributed by atoms with E-state index in [1.54, 1.807) is 0 Å². The maximum absolute atomic E-state index is 11.8. The van der Waals surface area contributed by atoms with Crippen molar-refractivity contribution in [3.8, 4) is 0 Å². The molecule has 0 aromatic rings. The number of ether oxygens (including phenoxy) is 1. The molecule has 1 heterocycles. The number of carbonyl (C=O) groups is 1. The Morgan fingerprint density at radius 1 is 1.47 bits per heavy atom. The third-order valence-electron chi connectivity index (χ3n) is 4.71. The molecule has 0 aromatic carbocycles. The molecule has 0 atom stereocenters. The van der Waals surface area contributed by atoms with E-state index < -0.39 is 5.60 Å². The second-order valence-corrected chi connectivity index (χ2v) is 5.97. The Morgan fingerprint density at radius 3 is 2.47 bits per heavy atom. The number of carbonyl (C=O) groups excluding carboxylic acids is 1. The molecule has 2 aliphatic rings. The highest BCUT2D eigenvalue weighted by Crippen LogP contribution is 2.45. The molecular formula is C13H22N2O2. The summed E-state index contributed by atoms with van der Waals surface area (Å²) in [6.45, 7) is 6.83. The summed E-state index contributed by atoms with van der Waals surface area (Å²) in [5.41, 5.74) is 5.11. The molecule has 1 spiro atoms. The molecule has 0 bridgehead atoms. The van der Waals surface area contributed by atoms with Gasteiger partial charge in [-0.2, -0.15) is 4.99 Å². The number of hydrogen-bond donors (Lipinski definition) is 1. The molecule has 2 rings (SSSR count). The van der Waals surface area contributed by atoms with Crippen LogP contribution >= 0.6 is 0 Å². The molecule has 2 N–H and O–H groups in total. The van der Waals surface area contributed by atoms with E-state index in [4.69, 9.17) is 10.5 Å². The zero-order chi connectivity index (χ0) is 12.7. The minimum absolute atomic E-state index is 0.0446. The van der Waals surface area contributed by atoms with Crippen LogP contribution in [-0.2, 0) is 9.53 Å². The number of aliphatic imine (C=N–C) groups is 1. The van der Waals surface area contributed by atoms with Gasteiger partial charge in [-0.3, -0.25) is 4.79 Å². The van der Waals surface area contributed by atoms with Crippen molar-refractivity contribution in [1.29, 1.82) is 0 Å². The van der Waals surface area contributed by atoms with Crippen LogP contribution in [0.4, 0.5) is 0 Å². The lowest BCUT2D eigenvalue weighted by molar-refractivity contribution is -0.135. The van der Waals surface area contributed by atoms with Crippen LogP contribution in [0, 0.1) is 11.3 Å². The molecular weight excluding hydrogens is 216 g/mol. The Morgan fingerprint density at radius 2 is 2.06 bits per heavy atom. The van der Waals surface area contributed by atoms with E-state index in [0.717, 1.165) is 32.1 Å². The monoisotopic (exact) mass is 238 g/mol. The number of amides is 1. The summed E-state index contributed by atoms with van der Waals surface area (Å²) in [5, 5.41) is 0. The van der Waals surface area contributed by atoms with E-state index in [2.05, 4.69) is 25.8 Å². The molecule has 1 aliphatic carbocycles. The summed E-state index contributed by atoms with van der Waals surface area (Å²) < 4.78 is 5.47. The molecule has 1 fully saturated rings. The van der Waals surface area contributed by atoms with Crippen molar-refractivity contribution in [3.05, 3.63) is 0 Å². The molecule has 1 saturated carbocycles. The highest BCUT2D eigenvalue weighted by atomic mass is 16.5. The summed E-state index contributed by atoms with van der Waals surface area (Å²) in [7, 11) is 0. The SMILES string of the molecule is CCC(C)(C)C1CCC2(CC1)OC(N)=NC2=O. The van der Waals surface area contributed by atoms with Gasteiger partial charge < -0.3 is 10.5 Å². The molecule has 0 unspecified atom stereocenters. The van der Waals surface area contributed by atoms with Gasteiger partial charge in [0.05, 0.1) is 0 Å². The first-order chi connectivity index (χ1) is 7.89. The van der Waals surface area contributed by atoms with Gasteiger partial charge in [-0.05, 0) is 37.0 Å².